The maximum absolute atomic E-state index is 6.15. The zero-order valence-corrected chi connectivity index (χ0v) is 16.6. The summed E-state index contributed by atoms with van der Waals surface area (Å²) >= 11 is 3.63. The lowest BCUT2D eigenvalue weighted by Gasteiger charge is -2.03. The van der Waals surface area contributed by atoms with E-state index in [1.165, 1.54) is 47.2 Å². The molecule has 3 heterocycles. The van der Waals surface area contributed by atoms with Gasteiger partial charge in [0.15, 0.2) is 0 Å². The van der Waals surface area contributed by atoms with Crippen LogP contribution in [0.3, 0.4) is 0 Å². The number of furan rings is 1. The third kappa shape index (κ3) is 2.02. The van der Waals surface area contributed by atoms with Gasteiger partial charge in [0.05, 0.1) is 15.6 Å². The lowest BCUT2D eigenvalue weighted by atomic mass is 10.0. The molecule has 0 aliphatic carbocycles. The molecule has 0 spiro atoms. The predicted molar refractivity (Wildman–Crippen MR) is 116 cm³/mol. The molecule has 0 saturated heterocycles. The highest BCUT2D eigenvalue weighted by molar-refractivity contribution is 7.27. The smallest absolute Gasteiger partial charge is 0.274 e. The number of thiazole rings is 1. The van der Waals surface area contributed by atoms with E-state index in [1.54, 1.807) is 11.3 Å². The summed E-state index contributed by atoms with van der Waals surface area (Å²) in [6.07, 6.45) is 0. The molecule has 6 aromatic rings. The molecule has 27 heavy (non-hydrogen) atoms. The second-order valence-electron chi connectivity index (χ2n) is 6.93. The second kappa shape index (κ2) is 5.41. The summed E-state index contributed by atoms with van der Waals surface area (Å²) in [4.78, 5) is 0.992. The van der Waals surface area contributed by atoms with Crippen LogP contribution in [0, 0.1) is 6.92 Å². The molecule has 0 unspecified atom stereocenters. The number of aryl methyl sites for hydroxylation is 2. The van der Waals surface area contributed by atoms with Gasteiger partial charge in [0.25, 0.3) is 15.4 Å². The number of hydrogen-bond acceptors (Lipinski definition) is 3. The fourth-order valence-corrected chi connectivity index (χ4v) is 6.64. The molecule has 0 amide bonds. The van der Waals surface area contributed by atoms with Gasteiger partial charge in [-0.2, -0.15) is 4.57 Å². The third-order valence-corrected chi connectivity index (χ3v) is 7.67. The predicted octanol–water partition coefficient (Wildman–Crippen LogP) is 6.82. The number of rotatable bonds is 1. The van der Waals surface area contributed by atoms with Crippen LogP contribution < -0.4 is 4.57 Å². The van der Waals surface area contributed by atoms with Gasteiger partial charge in [-0.05, 0) is 42.0 Å². The molecule has 2 nitrogen and oxygen atoms in total. The molecule has 130 valence electrons. The first-order valence-corrected chi connectivity index (χ1v) is 10.6. The van der Waals surface area contributed by atoms with Crippen molar-refractivity contribution in [1.29, 1.82) is 0 Å². The zero-order valence-electron chi connectivity index (χ0n) is 14.9. The molecule has 0 aliphatic heterocycles. The Balaban J connectivity index is 1.75. The summed E-state index contributed by atoms with van der Waals surface area (Å²) in [6.45, 7) is 2.21. The first kappa shape index (κ1) is 15.4. The van der Waals surface area contributed by atoms with Crippen molar-refractivity contribution >= 4 is 64.2 Å². The Morgan fingerprint density at radius 1 is 0.815 bits per heavy atom. The molecular weight excluding hydrogens is 370 g/mol. The summed E-state index contributed by atoms with van der Waals surface area (Å²) in [5.41, 5.74) is 4.77. The minimum atomic E-state index is 0.956. The van der Waals surface area contributed by atoms with E-state index >= 15 is 0 Å². The largest absolute Gasteiger partial charge is 0.439 e. The Bertz CT molecular complexity index is 1500. The number of hydrogen-bond donors (Lipinski definition) is 0. The van der Waals surface area contributed by atoms with Gasteiger partial charge in [-0.1, -0.05) is 42.5 Å². The van der Waals surface area contributed by atoms with E-state index < -0.39 is 0 Å². The van der Waals surface area contributed by atoms with Crippen molar-refractivity contribution in [3.05, 3.63) is 66.2 Å². The van der Waals surface area contributed by atoms with Gasteiger partial charge in [0.1, 0.15) is 12.6 Å². The van der Waals surface area contributed by atoms with Crippen molar-refractivity contribution in [2.75, 3.05) is 0 Å². The summed E-state index contributed by atoms with van der Waals surface area (Å²) in [5.74, 6) is 0. The number of thiophene rings is 1. The van der Waals surface area contributed by atoms with Gasteiger partial charge in [-0.25, -0.2) is 0 Å². The van der Waals surface area contributed by atoms with Crippen molar-refractivity contribution in [2.45, 2.75) is 6.92 Å². The van der Waals surface area contributed by atoms with E-state index in [2.05, 4.69) is 67.1 Å². The van der Waals surface area contributed by atoms with Gasteiger partial charge in [-0.3, -0.25) is 0 Å². The fraction of sp³-hybridized carbons (Fsp3) is 0.0870. The lowest BCUT2D eigenvalue weighted by Crippen LogP contribution is -2.28. The minimum Gasteiger partial charge on any atom is -0.439 e. The maximum atomic E-state index is 6.15. The summed E-state index contributed by atoms with van der Waals surface area (Å²) in [6, 6.07) is 21.5. The van der Waals surface area contributed by atoms with Crippen molar-refractivity contribution in [3.8, 4) is 10.6 Å². The van der Waals surface area contributed by atoms with Gasteiger partial charge < -0.3 is 4.42 Å². The Morgan fingerprint density at radius 3 is 2.48 bits per heavy atom. The van der Waals surface area contributed by atoms with Gasteiger partial charge >= 0.3 is 0 Å². The number of benzene rings is 3. The van der Waals surface area contributed by atoms with Crippen LogP contribution in [0.5, 0.6) is 0 Å². The first-order chi connectivity index (χ1) is 13.2. The molecule has 6 rings (SSSR count). The van der Waals surface area contributed by atoms with Crippen LogP contribution in [0.2, 0.25) is 0 Å². The highest BCUT2D eigenvalue weighted by atomic mass is 32.1. The Kier molecular flexibility index (Phi) is 3.08. The number of fused-ring (bicyclic) bond motifs is 6. The number of nitrogens with zero attached hydrogens (tertiary/aromatic N) is 1. The number of aromatic nitrogens is 1. The SMILES string of the molecule is Cc1ccc2c(sc3ccccc32)c1-c1sc2oc3ccccc3c2[n+]1C. The van der Waals surface area contributed by atoms with E-state index in [-0.39, 0.29) is 0 Å². The van der Waals surface area contributed by atoms with E-state index in [1.807, 2.05) is 23.5 Å². The van der Waals surface area contributed by atoms with Crippen molar-refractivity contribution in [1.82, 2.24) is 0 Å². The normalized spacial score (nSPS) is 12.1. The molecule has 3 aromatic heterocycles. The van der Waals surface area contributed by atoms with E-state index in [0.29, 0.717) is 0 Å². The Morgan fingerprint density at radius 2 is 1.59 bits per heavy atom. The molecule has 0 bridgehead atoms. The first-order valence-electron chi connectivity index (χ1n) is 8.93. The molecule has 4 heteroatoms. The Labute approximate surface area is 163 Å². The molecular formula is C23H16NOS2+. The highest BCUT2D eigenvalue weighted by Crippen LogP contribution is 2.43. The van der Waals surface area contributed by atoms with E-state index in [0.717, 1.165) is 10.5 Å². The quantitative estimate of drug-likeness (QED) is 0.284. The highest BCUT2D eigenvalue weighted by Gasteiger charge is 2.28. The average molecular weight is 387 g/mol. The van der Waals surface area contributed by atoms with Crippen LogP contribution in [0.15, 0.2) is 65.1 Å². The van der Waals surface area contributed by atoms with Crippen molar-refractivity contribution < 1.29 is 8.98 Å². The van der Waals surface area contributed by atoms with Crippen LogP contribution >= 0.6 is 22.7 Å². The standard InChI is InChI=1S/C23H16NOS2/c1-13-11-12-15-14-7-4-6-10-18(14)26-21(15)19(13)22-24(2)20-16-8-3-5-9-17(16)25-23(20)27-22/h3-12H,1-2H3/q+1. The second-order valence-corrected chi connectivity index (χ2v) is 8.95. The van der Waals surface area contributed by atoms with Gasteiger partial charge in [0, 0.05) is 15.5 Å². The lowest BCUT2D eigenvalue weighted by molar-refractivity contribution is -0.628. The monoisotopic (exact) mass is 386 g/mol. The maximum Gasteiger partial charge on any atom is 0.274 e. The van der Waals surface area contributed by atoms with Crippen molar-refractivity contribution in [2.24, 2.45) is 7.05 Å². The molecule has 0 N–H and O–H groups in total. The zero-order chi connectivity index (χ0) is 18.1. The average Bonchev–Trinajstić information content (AvgIpc) is 3.32. The minimum absolute atomic E-state index is 0.956. The van der Waals surface area contributed by atoms with Gasteiger partial charge in [-0.15, -0.1) is 11.3 Å². The number of para-hydroxylation sites is 1. The molecule has 0 aliphatic rings. The van der Waals surface area contributed by atoms with Crippen molar-refractivity contribution in [3.63, 3.8) is 0 Å². The van der Waals surface area contributed by atoms with Crippen LogP contribution in [0.1, 0.15) is 5.56 Å². The Hall–Kier alpha value is -2.69. The third-order valence-electron chi connectivity index (χ3n) is 5.34. The van der Waals surface area contributed by atoms with Crippen LogP contribution in [-0.4, -0.2) is 0 Å². The van der Waals surface area contributed by atoms with E-state index in [9.17, 15) is 0 Å². The summed E-state index contributed by atoms with van der Waals surface area (Å²) < 4.78 is 11.2. The topological polar surface area (TPSA) is 17.0 Å². The molecule has 0 atom stereocenters. The van der Waals surface area contributed by atoms with E-state index in [4.69, 9.17) is 4.42 Å². The molecule has 0 saturated carbocycles. The summed E-state index contributed by atoms with van der Waals surface area (Å²) in [5, 5.41) is 5.11. The molecule has 0 radical (unpaired) electrons. The van der Waals surface area contributed by atoms with Crippen LogP contribution in [0.4, 0.5) is 0 Å². The van der Waals surface area contributed by atoms with Crippen LogP contribution in [-0.2, 0) is 7.05 Å². The van der Waals surface area contributed by atoms with Crippen LogP contribution in [0.25, 0.3) is 52.1 Å². The summed E-state index contributed by atoms with van der Waals surface area (Å²) in [7, 11) is 2.15. The molecule has 0 fully saturated rings. The van der Waals surface area contributed by atoms with Gasteiger partial charge in [0.2, 0.25) is 0 Å². The fourth-order valence-electron chi connectivity index (χ4n) is 4.03. The molecule has 3 aromatic carbocycles.